The number of nitrogens with zero attached hydrogens (tertiary/aromatic N) is 4. The lowest BCUT2D eigenvalue weighted by atomic mass is 10.3. The van der Waals surface area contributed by atoms with Crippen LogP contribution in [0.3, 0.4) is 0 Å². The molecule has 3 rings (SSSR count). The van der Waals surface area contributed by atoms with Gasteiger partial charge in [0, 0.05) is 0 Å². The van der Waals surface area contributed by atoms with E-state index in [1.54, 1.807) is 10.9 Å². The monoisotopic (exact) mass is 285 g/mol. The number of imidazole rings is 1. The summed E-state index contributed by atoms with van der Waals surface area (Å²) in [5.41, 5.74) is 6.80. The molecule has 10 heteroatoms. The maximum atomic E-state index is 11.2. The van der Waals surface area contributed by atoms with Crippen LogP contribution in [0.1, 0.15) is 0 Å². The van der Waals surface area contributed by atoms with E-state index in [0.29, 0.717) is 23.5 Å². The summed E-state index contributed by atoms with van der Waals surface area (Å²) in [6, 6.07) is 0. The van der Waals surface area contributed by atoms with Crippen molar-refractivity contribution in [2.75, 3.05) is 18.7 Å². The average Bonchev–Trinajstić information content (AvgIpc) is 2.77. The number of hydrogen-bond donors (Lipinski definition) is 2. The summed E-state index contributed by atoms with van der Waals surface area (Å²) in [6.45, 7) is 0.459. The molecule has 2 aromatic rings. The molecule has 0 aliphatic carbocycles. The van der Waals surface area contributed by atoms with Crippen LogP contribution in [0.2, 0.25) is 0 Å². The molecule has 0 bridgehead atoms. The largest absolute Gasteiger partial charge is 0.382 e. The zero-order valence-electron chi connectivity index (χ0n) is 9.84. The van der Waals surface area contributed by atoms with Gasteiger partial charge in [-0.25, -0.2) is 15.0 Å². The average molecular weight is 285 g/mol. The molecule has 1 fully saturated rings. The minimum atomic E-state index is -3.56. The minimum absolute atomic E-state index is 0.0496. The normalized spacial score (nSPS) is 27.7. The molecule has 0 radical (unpaired) electrons. The highest BCUT2D eigenvalue weighted by molar-refractivity contribution is 7.52. The van der Waals surface area contributed by atoms with Crippen molar-refractivity contribution in [2.24, 2.45) is 0 Å². The van der Waals surface area contributed by atoms with Gasteiger partial charge < -0.3 is 24.5 Å². The van der Waals surface area contributed by atoms with Crippen LogP contribution in [0.25, 0.3) is 11.2 Å². The van der Waals surface area contributed by atoms with E-state index in [2.05, 4.69) is 15.0 Å². The van der Waals surface area contributed by atoms with Crippen molar-refractivity contribution in [3.05, 3.63) is 12.7 Å². The number of fused-ring (bicyclic) bond motifs is 1. The van der Waals surface area contributed by atoms with Crippen molar-refractivity contribution >= 4 is 24.6 Å². The third kappa shape index (κ3) is 2.45. The number of aromatic nitrogens is 4. The number of nitrogen functional groups attached to an aromatic ring is 1. The first-order valence-electron chi connectivity index (χ1n) is 5.54. The molecule has 2 atom stereocenters. The molecular weight excluding hydrogens is 273 g/mol. The quantitative estimate of drug-likeness (QED) is 0.736. The Bertz CT molecular complexity index is 647. The highest BCUT2D eigenvalue weighted by Gasteiger charge is 2.30. The number of nitrogens with two attached hydrogens (primary N) is 1. The highest BCUT2D eigenvalue weighted by atomic mass is 31.2. The molecular formula is C9H12N5O4P. The van der Waals surface area contributed by atoms with Crippen LogP contribution in [-0.4, -0.2) is 43.5 Å². The lowest BCUT2D eigenvalue weighted by Crippen LogP contribution is -2.29. The fraction of sp³-hybridized carbons (Fsp3) is 0.444. The van der Waals surface area contributed by atoms with Crippen molar-refractivity contribution in [3.8, 4) is 0 Å². The van der Waals surface area contributed by atoms with Crippen molar-refractivity contribution in [3.63, 3.8) is 0 Å². The van der Waals surface area contributed by atoms with Crippen molar-refractivity contribution in [2.45, 2.75) is 12.6 Å². The molecule has 3 heterocycles. The van der Waals surface area contributed by atoms with Gasteiger partial charge in [-0.05, 0) is 0 Å². The second-order valence-electron chi connectivity index (χ2n) is 4.18. The summed E-state index contributed by atoms with van der Waals surface area (Å²) in [6.07, 6.45) is 2.30. The Hall–Kier alpha value is -1.54. The van der Waals surface area contributed by atoms with Gasteiger partial charge in [-0.3, -0.25) is 4.57 Å². The summed E-state index contributed by atoms with van der Waals surface area (Å²) >= 11 is 0. The Kier molecular flexibility index (Phi) is 2.98. The van der Waals surface area contributed by atoms with Gasteiger partial charge >= 0.3 is 7.60 Å². The van der Waals surface area contributed by atoms with Crippen LogP contribution >= 0.6 is 7.60 Å². The SMILES string of the molecule is Nc1ncnc2c1ncn2C[C@H]1COP(=O)(O)CO1. The third-order valence-corrected chi connectivity index (χ3v) is 3.79. The van der Waals surface area contributed by atoms with Gasteiger partial charge in [-0.2, -0.15) is 0 Å². The smallest absolute Gasteiger partial charge is 0.353 e. The summed E-state index contributed by atoms with van der Waals surface area (Å²) < 4.78 is 23.1. The topological polar surface area (TPSA) is 125 Å². The first-order chi connectivity index (χ1) is 9.05. The molecule has 0 aromatic carbocycles. The zero-order valence-corrected chi connectivity index (χ0v) is 10.7. The molecule has 102 valence electrons. The number of anilines is 1. The molecule has 1 aliphatic rings. The van der Waals surface area contributed by atoms with Crippen LogP contribution in [0.15, 0.2) is 12.7 Å². The van der Waals surface area contributed by atoms with Crippen LogP contribution in [-0.2, 0) is 20.4 Å². The van der Waals surface area contributed by atoms with Crippen molar-refractivity contribution in [1.29, 1.82) is 0 Å². The van der Waals surface area contributed by atoms with E-state index in [-0.39, 0.29) is 19.1 Å². The maximum absolute atomic E-state index is 11.2. The van der Waals surface area contributed by atoms with Gasteiger partial charge in [0.25, 0.3) is 0 Å². The Morgan fingerprint density at radius 3 is 3.11 bits per heavy atom. The number of hydrogen-bond acceptors (Lipinski definition) is 7. The number of rotatable bonds is 2. The molecule has 0 saturated carbocycles. The van der Waals surface area contributed by atoms with Crippen LogP contribution in [0.5, 0.6) is 0 Å². The van der Waals surface area contributed by atoms with Gasteiger partial charge in [-0.1, -0.05) is 0 Å². The van der Waals surface area contributed by atoms with E-state index < -0.39 is 7.60 Å². The Morgan fingerprint density at radius 1 is 1.53 bits per heavy atom. The third-order valence-electron chi connectivity index (χ3n) is 2.77. The maximum Gasteiger partial charge on any atom is 0.353 e. The Labute approximate surface area is 107 Å². The zero-order chi connectivity index (χ0) is 13.5. The molecule has 1 saturated heterocycles. The molecule has 19 heavy (non-hydrogen) atoms. The standard InChI is InChI=1S/C9H12N5O4P/c10-8-7-9(12-3-11-8)14(4-13-7)1-6-2-18-19(15,16)5-17-6/h3-4,6H,1-2,5H2,(H,15,16)(H2,10,11,12)/t6-/m0/s1. The van der Waals surface area contributed by atoms with Gasteiger partial charge in [0.1, 0.15) is 24.3 Å². The first-order valence-corrected chi connectivity index (χ1v) is 7.31. The highest BCUT2D eigenvalue weighted by Crippen LogP contribution is 2.45. The molecule has 1 aliphatic heterocycles. The van der Waals surface area contributed by atoms with Gasteiger partial charge in [0.15, 0.2) is 11.5 Å². The lowest BCUT2D eigenvalue weighted by molar-refractivity contribution is -0.00745. The van der Waals surface area contributed by atoms with Crippen LogP contribution < -0.4 is 5.73 Å². The minimum Gasteiger partial charge on any atom is -0.382 e. The Balaban J connectivity index is 1.79. The number of ether oxygens (including phenoxy) is 1. The van der Waals surface area contributed by atoms with Gasteiger partial charge in [0.05, 0.1) is 19.5 Å². The fourth-order valence-electron chi connectivity index (χ4n) is 1.84. The van der Waals surface area contributed by atoms with E-state index >= 15 is 0 Å². The summed E-state index contributed by atoms with van der Waals surface area (Å²) in [7, 11) is -3.56. The summed E-state index contributed by atoms with van der Waals surface area (Å²) in [5, 5.41) is 0. The first kappa shape index (κ1) is 12.5. The molecule has 1 unspecified atom stereocenters. The van der Waals surface area contributed by atoms with Crippen LogP contribution in [0, 0.1) is 0 Å². The van der Waals surface area contributed by atoms with Crippen molar-refractivity contribution in [1.82, 2.24) is 19.5 Å². The van der Waals surface area contributed by atoms with E-state index in [0.717, 1.165) is 0 Å². The van der Waals surface area contributed by atoms with E-state index in [1.807, 2.05) is 0 Å². The van der Waals surface area contributed by atoms with Gasteiger partial charge in [-0.15, -0.1) is 0 Å². The summed E-state index contributed by atoms with van der Waals surface area (Å²) in [5.74, 6) is 0.310. The molecule has 2 aromatic heterocycles. The van der Waals surface area contributed by atoms with E-state index in [4.69, 9.17) is 15.0 Å². The molecule has 9 nitrogen and oxygen atoms in total. The predicted molar refractivity (Wildman–Crippen MR) is 65.3 cm³/mol. The van der Waals surface area contributed by atoms with E-state index in [9.17, 15) is 9.46 Å². The predicted octanol–water partition coefficient (Wildman–Crippen LogP) is -0.0332. The Morgan fingerprint density at radius 2 is 2.37 bits per heavy atom. The molecule has 0 amide bonds. The van der Waals surface area contributed by atoms with Crippen molar-refractivity contribution < 1.29 is 18.7 Å². The second-order valence-corrected chi connectivity index (χ2v) is 5.97. The van der Waals surface area contributed by atoms with Gasteiger partial charge in [0.2, 0.25) is 0 Å². The fourth-order valence-corrected chi connectivity index (χ4v) is 2.71. The summed E-state index contributed by atoms with van der Waals surface area (Å²) in [4.78, 5) is 21.3. The van der Waals surface area contributed by atoms with E-state index in [1.165, 1.54) is 6.33 Å². The molecule has 0 spiro atoms. The van der Waals surface area contributed by atoms with Crippen LogP contribution in [0.4, 0.5) is 5.82 Å². The molecule has 3 N–H and O–H groups in total. The second kappa shape index (κ2) is 4.53. The lowest BCUT2D eigenvalue weighted by Gasteiger charge is -2.26.